The van der Waals surface area contributed by atoms with Gasteiger partial charge in [0.2, 0.25) is 0 Å². The van der Waals surface area contributed by atoms with Crippen molar-refractivity contribution in [1.29, 1.82) is 0 Å². The van der Waals surface area contributed by atoms with Gasteiger partial charge in [-0.2, -0.15) is 0 Å². The van der Waals surface area contributed by atoms with Crippen LogP contribution in [0.5, 0.6) is 0 Å². The average Bonchev–Trinajstić information content (AvgIpc) is 2.52. The van der Waals surface area contributed by atoms with Crippen LogP contribution in [0.3, 0.4) is 0 Å². The third-order valence-corrected chi connectivity index (χ3v) is 1.86. The summed E-state index contributed by atoms with van der Waals surface area (Å²) in [5.74, 6) is 16.1. The molecule has 13 heavy (non-hydrogen) atoms. The van der Waals surface area contributed by atoms with Crippen LogP contribution in [0.15, 0.2) is 0 Å². The second-order valence-electron chi connectivity index (χ2n) is 2.81. The van der Waals surface area contributed by atoms with Gasteiger partial charge in [0.15, 0.2) is 0 Å². The molecule has 1 aliphatic carbocycles. The Morgan fingerprint density at radius 3 is 2.62 bits per heavy atom. The molecule has 0 saturated heterocycles. The lowest BCUT2D eigenvalue weighted by Gasteiger charge is -1.91. The highest BCUT2D eigenvalue weighted by atomic mass is 16.1. The first-order chi connectivity index (χ1) is 6.34. The molecule has 1 atom stereocenters. The first-order valence-corrected chi connectivity index (χ1v) is 4.29. The van der Waals surface area contributed by atoms with E-state index in [9.17, 15) is 4.79 Å². The van der Waals surface area contributed by atoms with Crippen molar-refractivity contribution in [3.63, 3.8) is 0 Å². The second-order valence-corrected chi connectivity index (χ2v) is 2.81. The fourth-order valence-electron chi connectivity index (χ4n) is 1.22. The van der Waals surface area contributed by atoms with Crippen LogP contribution in [-0.2, 0) is 4.79 Å². The summed E-state index contributed by atoms with van der Waals surface area (Å²) in [5, 5.41) is 0. The van der Waals surface area contributed by atoms with Crippen LogP contribution in [0.2, 0.25) is 0 Å². The maximum atomic E-state index is 11.1. The minimum absolute atomic E-state index is 0.0658. The molecular weight excluding hydrogens is 160 g/mol. The zero-order valence-electron chi connectivity index (χ0n) is 7.61. The molecular formula is C12H10O. The lowest BCUT2D eigenvalue weighted by Crippen LogP contribution is -2.01. The second kappa shape index (κ2) is 5.08. The maximum absolute atomic E-state index is 11.1. The van der Waals surface area contributed by atoms with Gasteiger partial charge >= 0.3 is 0 Å². The van der Waals surface area contributed by atoms with Gasteiger partial charge in [-0.15, -0.1) is 0 Å². The van der Waals surface area contributed by atoms with Crippen molar-refractivity contribution in [2.45, 2.75) is 26.2 Å². The molecule has 1 saturated carbocycles. The van der Waals surface area contributed by atoms with Crippen molar-refractivity contribution < 1.29 is 4.79 Å². The van der Waals surface area contributed by atoms with E-state index in [2.05, 4.69) is 35.5 Å². The van der Waals surface area contributed by atoms with E-state index < -0.39 is 0 Å². The molecule has 0 aromatic rings. The topological polar surface area (TPSA) is 17.1 Å². The highest BCUT2D eigenvalue weighted by molar-refractivity contribution is 5.85. The van der Waals surface area contributed by atoms with Gasteiger partial charge in [-0.1, -0.05) is 11.8 Å². The van der Waals surface area contributed by atoms with E-state index in [1.54, 1.807) is 6.92 Å². The fourth-order valence-corrected chi connectivity index (χ4v) is 1.22. The van der Waals surface area contributed by atoms with Crippen LogP contribution < -0.4 is 0 Å². The highest BCUT2D eigenvalue weighted by Crippen LogP contribution is 2.19. The lowest BCUT2D eigenvalue weighted by molar-refractivity contribution is -0.119. The number of rotatable bonds is 0. The molecule has 1 rings (SSSR count). The molecule has 1 aliphatic rings. The van der Waals surface area contributed by atoms with Crippen molar-refractivity contribution in [3.8, 4) is 35.5 Å². The van der Waals surface area contributed by atoms with E-state index in [0.29, 0.717) is 6.42 Å². The Kier molecular flexibility index (Phi) is 3.69. The van der Waals surface area contributed by atoms with Crippen LogP contribution in [0, 0.1) is 41.4 Å². The first-order valence-electron chi connectivity index (χ1n) is 4.29. The van der Waals surface area contributed by atoms with Crippen molar-refractivity contribution in [1.82, 2.24) is 0 Å². The normalized spacial score (nSPS) is 18.8. The van der Waals surface area contributed by atoms with Gasteiger partial charge in [0, 0.05) is 6.42 Å². The number of carbonyl (C=O) groups is 1. The Labute approximate surface area is 78.9 Å². The SMILES string of the molecule is CC#CC#CC#CC1CCCC1=O. The third kappa shape index (κ3) is 3.06. The molecule has 0 aliphatic heterocycles. The monoisotopic (exact) mass is 170 g/mol. The summed E-state index contributed by atoms with van der Waals surface area (Å²) < 4.78 is 0. The van der Waals surface area contributed by atoms with Crippen molar-refractivity contribution in [2.24, 2.45) is 5.92 Å². The first kappa shape index (κ1) is 9.44. The Hall–Kier alpha value is -1.65. The van der Waals surface area contributed by atoms with Crippen LogP contribution in [0.1, 0.15) is 26.2 Å². The predicted molar refractivity (Wildman–Crippen MR) is 51.4 cm³/mol. The van der Waals surface area contributed by atoms with Crippen molar-refractivity contribution in [2.75, 3.05) is 0 Å². The van der Waals surface area contributed by atoms with Gasteiger partial charge in [0.1, 0.15) is 5.78 Å². The summed E-state index contributed by atoms with van der Waals surface area (Å²) in [6.07, 6.45) is 2.55. The van der Waals surface area contributed by atoms with Gasteiger partial charge in [-0.25, -0.2) is 0 Å². The van der Waals surface area contributed by atoms with Crippen LogP contribution in [-0.4, -0.2) is 5.78 Å². The zero-order valence-corrected chi connectivity index (χ0v) is 7.61. The molecule has 0 N–H and O–H groups in total. The van der Waals surface area contributed by atoms with Crippen molar-refractivity contribution in [3.05, 3.63) is 0 Å². The van der Waals surface area contributed by atoms with Gasteiger partial charge in [0.25, 0.3) is 0 Å². The van der Waals surface area contributed by atoms with E-state index in [-0.39, 0.29) is 11.7 Å². The molecule has 1 heteroatoms. The van der Waals surface area contributed by atoms with Crippen LogP contribution in [0.4, 0.5) is 0 Å². The van der Waals surface area contributed by atoms with E-state index in [0.717, 1.165) is 12.8 Å². The number of carbonyl (C=O) groups excluding carboxylic acids is 1. The van der Waals surface area contributed by atoms with Gasteiger partial charge in [-0.3, -0.25) is 4.79 Å². The molecule has 64 valence electrons. The zero-order chi connectivity index (χ0) is 9.52. The van der Waals surface area contributed by atoms with E-state index in [1.165, 1.54) is 0 Å². The van der Waals surface area contributed by atoms with Crippen molar-refractivity contribution >= 4 is 5.78 Å². The predicted octanol–water partition coefficient (Wildman–Crippen LogP) is 1.39. The molecule has 0 spiro atoms. The largest absolute Gasteiger partial charge is 0.298 e. The van der Waals surface area contributed by atoms with Crippen LogP contribution in [0.25, 0.3) is 0 Å². The highest BCUT2D eigenvalue weighted by Gasteiger charge is 2.21. The fraction of sp³-hybridized carbons (Fsp3) is 0.417. The molecule has 1 nitrogen and oxygen atoms in total. The number of ketones is 1. The summed E-state index contributed by atoms with van der Waals surface area (Å²) >= 11 is 0. The quantitative estimate of drug-likeness (QED) is 0.502. The Morgan fingerprint density at radius 2 is 2.00 bits per heavy atom. The maximum Gasteiger partial charge on any atom is 0.147 e. The van der Waals surface area contributed by atoms with Gasteiger partial charge in [-0.05, 0) is 43.4 Å². The summed E-state index contributed by atoms with van der Waals surface area (Å²) in [7, 11) is 0. The van der Waals surface area contributed by atoms with Crippen LogP contribution >= 0.6 is 0 Å². The van der Waals surface area contributed by atoms with E-state index >= 15 is 0 Å². The molecule has 0 aromatic carbocycles. The summed E-state index contributed by atoms with van der Waals surface area (Å²) in [6.45, 7) is 1.72. The van der Waals surface area contributed by atoms with Gasteiger partial charge < -0.3 is 0 Å². The average molecular weight is 170 g/mol. The lowest BCUT2D eigenvalue weighted by atomic mass is 10.1. The molecule has 1 unspecified atom stereocenters. The Bertz CT molecular complexity index is 371. The minimum Gasteiger partial charge on any atom is -0.298 e. The molecule has 0 bridgehead atoms. The Morgan fingerprint density at radius 1 is 1.23 bits per heavy atom. The molecule has 0 heterocycles. The number of hydrogen-bond donors (Lipinski definition) is 0. The third-order valence-electron chi connectivity index (χ3n) is 1.86. The standard InChI is InChI=1S/C12H10O/c1-2-3-4-5-6-8-11-9-7-10-12(11)13/h11H,7,9-10H2,1H3. The molecule has 0 amide bonds. The number of Topliss-reactive ketones (excluding diaryl/α,β-unsaturated/α-hetero) is 1. The summed E-state index contributed by atoms with van der Waals surface area (Å²) in [6, 6.07) is 0. The summed E-state index contributed by atoms with van der Waals surface area (Å²) in [5.41, 5.74) is 0. The Balaban J connectivity index is 2.51. The minimum atomic E-state index is -0.0658. The molecule has 1 fully saturated rings. The van der Waals surface area contributed by atoms with Gasteiger partial charge in [0.05, 0.1) is 5.92 Å². The van der Waals surface area contributed by atoms with E-state index in [4.69, 9.17) is 0 Å². The number of hydrogen-bond acceptors (Lipinski definition) is 1. The molecule has 0 radical (unpaired) electrons. The molecule has 0 aromatic heterocycles. The summed E-state index contributed by atoms with van der Waals surface area (Å²) in [4.78, 5) is 11.1. The van der Waals surface area contributed by atoms with E-state index in [1.807, 2.05) is 0 Å². The smallest absolute Gasteiger partial charge is 0.147 e.